The lowest BCUT2D eigenvalue weighted by molar-refractivity contribution is -0.120. The number of piperazine rings is 1. The third-order valence-electron chi connectivity index (χ3n) is 9.78. The molecule has 4 heterocycles. The molecule has 3 amide bonds. The Morgan fingerprint density at radius 3 is 2.35 bits per heavy atom. The Labute approximate surface area is 300 Å². The lowest BCUT2D eigenvalue weighted by atomic mass is 9.87. The predicted molar refractivity (Wildman–Crippen MR) is 194 cm³/mol. The second-order valence-electron chi connectivity index (χ2n) is 15.1. The van der Waals surface area contributed by atoms with Crippen molar-refractivity contribution in [3.63, 3.8) is 0 Å². The van der Waals surface area contributed by atoms with Gasteiger partial charge in [0.1, 0.15) is 23.5 Å². The van der Waals surface area contributed by atoms with Crippen LogP contribution in [0.1, 0.15) is 96.0 Å². The number of hydrogen-bond acceptors (Lipinski definition) is 8. The smallest absolute Gasteiger partial charge is 0.410 e. The highest BCUT2D eigenvalue weighted by Crippen LogP contribution is 2.37. The number of nitrogens with zero attached hydrogens (tertiary/aromatic N) is 6. The van der Waals surface area contributed by atoms with E-state index < -0.39 is 5.60 Å². The topological polar surface area (TPSA) is 122 Å². The van der Waals surface area contributed by atoms with Crippen LogP contribution in [-0.4, -0.2) is 105 Å². The fraction of sp³-hybridized carbons (Fsp3) is 0.605. The molecule has 13 heteroatoms. The Hall–Kier alpha value is -4.26. The summed E-state index contributed by atoms with van der Waals surface area (Å²) < 4.78 is 26.8. The molecule has 3 fully saturated rings. The summed E-state index contributed by atoms with van der Waals surface area (Å²) in [6.07, 6.45) is 10.4. The van der Waals surface area contributed by atoms with Crippen molar-refractivity contribution in [1.82, 2.24) is 29.2 Å². The number of amides is 3. The lowest BCUT2D eigenvalue weighted by Crippen LogP contribution is -2.54. The first kappa shape index (κ1) is 38.0. The number of anilines is 1. The molecule has 278 valence electrons. The second kappa shape index (κ2) is 17.3. The van der Waals surface area contributed by atoms with Gasteiger partial charge < -0.3 is 23.8 Å². The van der Waals surface area contributed by atoms with Crippen molar-refractivity contribution in [2.24, 2.45) is 5.92 Å². The Morgan fingerprint density at radius 2 is 1.71 bits per heavy atom. The first-order chi connectivity index (χ1) is 24.4. The van der Waals surface area contributed by atoms with Crippen molar-refractivity contribution in [2.75, 3.05) is 51.2 Å². The van der Waals surface area contributed by atoms with E-state index in [9.17, 15) is 18.8 Å². The van der Waals surface area contributed by atoms with Crippen molar-refractivity contribution in [1.29, 1.82) is 0 Å². The van der Waals surface area contributed by atoms with E-state index in [2.05, 4.69) is 26.7 Å². The van der Waals surface area contributed by atoms with Crippen LogP contribution in [0.25, 0.3) is 11.0 Å². The zero-order valence-corrected chi connectivity index (χ0v) is 30.8. The first-order valence-electron chi connectivity index (χ1n) is 18.4. The molecule has 51 heavy (non-hydrogen) atoms. The van der Waals surface area contributed by atoms with Crippen molar-refractivity contribution < 1.29 is 28.2 Å². The molecule has 1 aliphatic carbocycles. The molecule has 0 radical (unpaired) electrons. The van der Waals surface area contributed by atoms with E-state index in [0.29, 0.717) is 49.6 Å². The van der Waals surface area contributed by atoms with Gasteiger partial charge in [-0.3, -0.25) is 19.8 Å². The van der Waals surface area contributed by atoms with Crippen LogP contribution in [-0.2, 0) is 9.53 Å². The number of hydrogen-bond donors (Lipinski definition) is 1. The Balaban J connectivity index is 0.000000265. The van der Waals surface area contributed by atoms with Crippen molar-refractivity contribution in [2.45, 2.75) is 97.2 Å². The molecular weight excluding hydrogens is 653 g/mol. The van der Waals surface area contributed by atoms with E-state index >= 15 is 0 Å². The summed E-state index contributed by atoms with van der Waals surface area (Å²) in [5.41, 5.74) is 1.56. The summed E-state index contributed by atoms with van der Waals surface area (Å²) in [4.78, 5) is 50.3. The quantitative estimate of drug-likeness (QED) is 0.263. The molecular formula is C38H54FN7O5. The maximum absolute atomic E-state index is 13.3. The van der Waals surface area contributed by atoms with Gasteiger partial charge in [0.2, 0.25) is 18.2 Å². The fourth-order valence-electron chi connectivity index (χ4n) is 6.93. The van der Waals surface area contributed by atoms with Gasteiger partial charge in [-0.1, -0.05) is 13.3 Å². The Bertz CT molecular complexity index is 1610. The van der Waals surface area contributed by atoms with Crippen LogP contribution in [0, 0.1) is 11.7 Å². The number of likely N-dealkylation sites (tertiary alicyclic amines) is 1. The summed E-state index contributed by atoms with van der Waals surface area (Å²) in [7, 11) is 0. The molecule has 1 atom stereocenters. The number of aromatic nitrogens is 3. The van der Waals surface area contributed by atoms with Crippen molar-refractivity contribution >= 4 is 35.4 Å². The average molecular weight is 708 g/mol. The zero-order valence-electron chi connectivity index (χ0n) is 30.8. The molecule has 2 saturated heterocycles. The summed E-state index contributed by atoms with van der Waals surface area (Å²) in [5, 5.41) is 2.97. The number of pyridine rings is 1. The lowest BCUT2D eigenvalue weighted by Gasteiger charge is -2.38. The van der Waals surface area contributed by atoms with Crippen molar-refractivity contribution in [3.05, 3.63) is 47.9 Å². The van der Waals surface area contributed by atoms with E-state index in [1.54, 1.807) is 16.0 Å². The van der Waals surface area contributed by atoms with Gasteiger partial charge in [0, 0.05) is 49.9 Å². The number of nitrogens with one attached hydrogen (secondary N) is 1. The number of carbonyl (C=O) groups is 3. The number of halogens is 1. The normalized spacial score (nSPS) is 21.4. The molecule has 2 aromatic heterocycles. The predicted octanol–water partition coefficient (Wildman–Crippen LogP) is 6.52. The first-order valence-corrected chi connectivity index (χ1v) is 18.4. The van der Waals surface area contributed by atoms with Crippen LogP contribution in [0.15, 0.2) is 36.5 Å². The Morgan fingerprint density at radius 1 is 1.00 bits per heavy atom. The number of benzene rings is 1. The van der Waals surface area contributed by atoms with Gasteiger partial charge in [0.05, 0.1) is 11.7 Å². The molecule has 1 N–H and O–H groups in total. The minimum atomic E-state index is -0.474. The average Bonchev–Trinajstić information content (AvgIpc) is 3.45. The monoisotopic (exact) mass is 707 g/mol. The summed E-state index contributed by atoms with van der Waals surface area (Å²) >= 11 is 0. The molecule has 1 aromatic carbocycles. The van der Waals surface area contributed by atoms with E-state index in [1.807, 2.05) is 33.8 Å². The highest BCUT2D eigenvalue weighted by Gasteiger charge is 2.30. The van der Waals surface area contributed by atoms with E-state index in [4.69, 9.17) is 14.5 Å². The highest BCUT2D eigenvalue weighted by atomic mass is 19.1. The molecule has 3 aliphatic rings. The molecule has 1 saturated carbocycles. The molecule has 3 aromatic rings. The molecule has 0 bridgehead atoms. The van der Waals surface area contributed by atoms with E-state index in [0.717, 1.165) is 62.8 Å². The van der Waals surface area contributed by atoms with Crippen LogP contribution in [0.5, 0.6) is 5.88 Å². The number of ether oxygens (including phenoxy) is 2. The second-order valence-corrected chi connectivity index (χ2v) is 15.1. The van der Waals surface area contributed by atoms with Crippen LogP contribution in [0.3, 0.4) is 0 Å². The van der Waals surface area contributed by atoms with Gasteiger partial charge in [-0.25, -0.2) is 19.2 Å². The van der Waals surface area contributed by atoms with Crippen LogP contribution in [0.2, 0.25) is 0 Å². The number of fused-ring (bicyclic) bond motifs is 1. The maximum atomic E-state index is 13.3. The highest BCUT2D eigenvalue weighted by molar-refractivity contribution is 6.04. The van der Waals surface area contributed by atoms with Gasteiger partial charge in [-0.15, -0.1) is 0 Å². The third kappa shape index (κ3) is 10.6. The zero-order chi connectivity index (χ0) is 36.5. The van der Waals surface area contributed by atoms with Crippen LogP contribution >= 0.6 is 0 Å². The van der Waals surface area contributed by atoms with E-state index in [1.165, 1.54) is 43.5 Å². The molecule has 1 unspecified atom stereocenters. The van der Waals surface area contributed by atoms with Gasteiger partial charge in [-0.05, 0) is 109 Å². The molecule has 12 nitrogen and oxygen atoms in total. The van der Waals surface area contributed by atoms with Gasteiger partial charge >= 0.3 is 6.09 Å². The van der Waals surface area contributed by atoms with Gasteiger partial charge in [0.15, 0.2) is 0 Å². The summed E-state index contributed by atoms with van der Waals surface area (Å²) in [5.74, 6) is 1.10. The molecule has 6 rings (SSSR count). The number of rotatable bonds is 8. The van der Waals surface area contributed by atoms with Gasteiger partial charge in [0.25, 0.3) is 5.91 Å². The SMILES string of the molecule is CC1CCC(n2c(NC(=O)c3ccc(F)cc3)nc3cnc(OCCN4CCCCC4)cc32)CC1.CC1CN(C=O)CCN1C(=O)OC(C)(C)C. The third-order valence-corrected chi connectivity index (χ3v) is 9.78. The standard InChI is InChI=1S/C27H34FN5O2.C11H20N2O3/c1-19-5-11-22(12-6-19)33-24-17-25(35-16-15-32-13-3-2-4-14-32)29-18-23(24)30-27(33)31-26(34)20-7-9-21(28)10-8-20;1-9-7-12(8-14)5-6-13(9)10(15)16-11(2,3)4/h7-10,17-19,22H,2-6,11-16H2,1H3,(H,30,31,34);8-9H,5-7H2,1-4H3. The van der Waals surface area contributed by atoms with Crippen LogP contribution < -0.4 is 10.1 Å². The van der Waals surface area contributed by atoms with Gasteiger partial charge in [-0.2, -0.15) is 0 Å². The van der Waals surface area contributed by atoms with Crippen LogP contribution in [0.4, 0.5) is 15.1 Å². The largest absolute Gasteiger partial charge is 0.476 e. The van der Waals surface area contributed by atoms with Crippen molar-refractivity contribution in [3.8, 4) is 5.88 Å². The minimum absolute atomic E-state index is 0.00815. The number of carbonyl (C=O) groups excluding carboxylic acids is 3. The maximum Gasteiger partial charge on any atom is 0.410 e. The van der Waals surface area contributed by atoms with E-state index in [-0.39, 0.29) is 29.9 Å². The minimum Gasteiger partial charge on any atom is -0.476 e. The molecule has 0 spiro atoms. The number of imidazole rings is 1. The number of piperidine rings is 1. The summed E-state index contributed by atoms with van der Waals surface area (Å²) in [6, 6.07) is 7.74. The molecule has 2 aliphatic heterocycles. The Kier molecular flexibility index (Phi) is 12.9. The fourth-order valence-corrected chi connectivity index (χ4v) is 6.93. The summed E-state index contributed by atoms with van der Waals surface area (Å²) in [6.45, 7) is 15.2.